The number of nitrogens with zero attached hydrogens (tertiary/aromatic N) is 4. The van der Waals surface area contributed by atoms with E-state index in [1.54, 1.807) is 12.4 Å². The molecule has 1 atom stereocenters. The van der Waals surface area contributed by atoms with E-state index in [2.05, 4.69) is 33.4 Å². The van der Waals surface area contributed by atoms with E-state index in [0.29, 0.717) is 0 Å². The van der Waals surface area contributed by atoms with Gasteiger partial charge in [0.2, 0.25) is 0 Å². The smallest absolute Gasteiger partial charge is 0.0896 e. The molecule has 0 aliphatic rings. The van der Waals surface area contributed by atoms with Gasteiger partial charge in [-0.05, 0) is 18.2 Å². The molecule has 0 aromatic carbocycles. The van der Waals surface area contributed by atoms with Crippen molar-refractivity contribution in [2.45, 2.75) is 13.0 Å². The van der Waals surface area contributed by atoms with Gasteiger partial charge in [0.25, 0.3) is 0 Å². The molecule has 0 saturated heterocycles. The summed E-state index contributed by atoms with van der Waals surface area (Å²) in [6, 6.07) is 4.10. The number of rotatable bonds is 4. The average Bonchev–Trinajstić information content (AvgIpc) is 2.89. The molecule has 0 amide bonds. The Morgan fingerprint density at radius 3 is 2.89 bits per heavy atom. The first-order valence-electron chi connectivity index (χ1n) is 6.30. The zero-order chi connectivity index (χ0) is 13.1. The van der Waals surface area contributed by atoms with Gasteiger partial charge in [0.15, 0.2) is 0 Å². The van der Waals surface area contributed by atoms with E-state index in [4.69, 9.17) is 0 Å². The van der Waals surface area contributed by atoms with Gasteiger partial charge in [-0.1, -0.05) is 13.0 Å². The summed E-state index contributed by atoms with van der Waals surface area (Å²) in [7, 11) is 0. The van der Waals surface area contributed by atoms with Gasteiger partial charge in [-0.2, -0.15) is 5.10 Å². The van der Waals surface area contributed by atoms with Gasteiger partial charge in [0.05, 0.1) is 24.0 Å². The van der Waals surface area contributed by atoms with Gasteiger partial charge in [0.1, 0.15) is 0 Å². The Morgan fingerprint density at radius 2 is 2.11 bits per heavy atom. The Hall–Kier alpha value is -2.27. The van der Waals surface area contributed by atoms with E-state index in [9.17, 15) is 0 Å². The number of pyridine rings is 1. The van der Waals surface area contributed by atoms with Crippen molar-refractivity contribution in [1.29, 1.82) is 0 Å². The first-order chi connectivity index (χ1) is 9.40. The molecule has 0 aliphatic carbocycles. The minimum atomic E-state index is 0.0837. The van der Waals surface area contributed by atoms with Crippen LogP contribution in [0.25, 0.3) is 5.52 Å². The number of nitrogens with one attached hydrogen (secondary N) is 1. The molecule has 1 unspecified atom stereocenters. The summed E-state index contributed by atoms with van der Waals surface area (Å²) in [6.07, 6.45) is 11.0. The van der Waals surface area contributed by atoms with Crippen LogP contribution in [-0.4, -0.2) is 26.1 Å². The molecular weight excluding hydrogens is 238 g/mol. The Balaban J connectivity index is 2.10. The number of hydrogen-bond acceptors (Lipinski definition) is 4. The van der Waals surface area contributed by atoms with E-state index < -0.39 is 0 Å². The van der Waals surface area contributed by atoms with Crippen LogP contribution in [-0.2, 0) is 0 Å². The monoisotopic (exact) mass is 253 g/mol. The van der Waals surface area contributed by atoms with Crippen molar-refractivity contribution in [3.05, 3.63) is 60.4 Å². The van der Waals surface area contributed by atoms with Crippen molar-refractivity contribution in [3.8, 4) is 0 Å². The van der Waals surface area contributed by atoms with Crippen molar-refractivity contribution in [2.24, 2.45) is 0 Å². The molecule has 0 saturated carbocycles. The number of fused-ring (bicyclic) bond motifs is 1. The Bertz CT molecular complexity index is 662. The molecule has 96 valence electrons. The van der Waals surface area contributed by atoms with E-state index in [1.807, 2.05) is 35.4 Å². The second kappa shape index (κ2) is 5.16. The summed E-state index contributed by atoms with van der Waals surface area (Å²) in [6.45, 7) is 2.96. The fraction of sp³-hybridized carbons (Fsp3) is 0.214. The highest BCUT2D eigenvalue weighted by molar-refractivity contribution is 5.55. The summed E-state index contributed by atoms with van der Waals surface area (Å²) in [4.78, 5) is 8.37. The molecule has 19 heavy (non-hydrogen) atoms. The van der Waals surface area contributed by atoms with Crippen LogP contribution in [0.2, 0.25) is 0 Å². The molecule has 0 bridgehead atoms. The van der Waals surface area contributed by atoms with Crippen LogP contribution in [0, 0.1) is 0 Å². The molecule has 3 heterocycles. The van der Waals surface area contributed by atoms with E-state index in [1.165, 1.54) is 0 Å². The second-order valence-electron chi connectivity index (χ2n) is 4.28. The normalized spacial score (nSPS) is 12.7. The van der Waals surface area contributed by atoms with Crippen LogP contribution >= 0.6 is 0 Å². The molecule has 5 nitrogen and oxygen atoms in total. The highest BCUT2D eigenvalue weighted by atomic mass is 15.2. The lowest BCUT2D eigenvalue weighted by atomic mass is 10.0. The SMILES string of the molecule is CCNC(c1cccnc1)c1cnn2ccncc12. The molecule has 0 spiro atoms. The summed E-state index contributed by atoms with van der Waals surface area (Å²) in [5.74, 6) is 0. The fourth-order valence-electron chi connectivity index (χ4n) is 2.23. The highest BCUT2D eigenvalue weighted by Crippen LogP contribution is 2.24. The van der Waals surface area contributed by atoms with E-state index in [0.717, 1.165) is 23.2 Å². The van der Waals surface area contributed by atoms with Crippen LogP contribution < -0.4 is 5.32 Å². The predicted octanol–water partition coefficient (Wildman–Crippen LogP) is 1.82. The summed E-state index contributed by atoms with van der Waals surface area (Å²) < 4.78 is 1.84. The van der Waals surface area contributed by atoms with Crippen LogP contribution in [0.1, 0.15) is 24.1 Å². The molecular formula is C14H15N5. The minimum Gasteiger partial charge on any atom is -0.306 e. The van der Waals surface area contributed by atoms with Gasteiger partial charge in [-0.15, -0.1) is 0 Å². The molecule has 1 N–H and O–H groups in total. The Morgan fingerprint density at radius 1 is 1.21 bits per heavy atom. The molecule has 3 rings (SSSR count). The van der Waals surface area contributed by atoms with Crippen molar-refractivity contribution in [2.75, 3.05) is 6.54 Å². The zero-order valence-corrected chi connectivity index (χ0v) is 10.7. The standard InChI is InChI=1S/C14H15N5/c1-2-17-14(11-4-3-5-15-8-11)12-9-18-19-7-6-16-10-13(12)19/h3-10,14,17H,2H2,1H3. The fourth-order valence-corrected chi connectivity index (χ4v) is 2.23. The maximum Gasteiger partial charge on any atom is 0.0896 e. The Labute approximate surface area is 111 Å². The first kappa shape index (κ1) is 11.8. The van der Waals surface area contributed by atoms with E-state index in [-0.39, 0.29) is 6.04 Å². The van der Waals surface area contributed by atoms with Gasteiger partial charge < -0.3 is 5.32 Å². The maximum atomic E-state index is 4.36. The number of hydrogen-bond donors (Lipinski definition) is 1. The van der Waals surface area contributed by atoms with Crippen LogP contribution in [0.5, 0.6) is 0 Å². The van der Waals surface area contributed by atoms with E-state index >= 15 is 0 Å². The topological polar surface area (TPSA) is 55.1 Å². The summed E-state index contributed by atoms with van der Waals surface area (Å²) in [5, 5.41) is 7.84. The predicted molar refractivity (Wildman–Crippen MR) is 72.7 cm³/mol. The molecule has 0 fully saturated rings. The lowest BCUT2D eigenvalue weighted by molar-refractivity contribution is 0.632. The Kier molecular flexibility index (Phi) is 3.20. The molecule has 3 aromatic rings. The van der Waals surface area contributed by atoms with Crippen molar-refractivity contribution in [3.63, 3.8) is 0 Å². The lowest BCUT2D eigenvalue weighted by Crippen LogP contribution is -2.22. The highest BCUT2D eigenvalue weighted by Gasteiger charge is 2.17. The van der Waals surface area contributed by atoms with Crippen LogP contribution in [0.3, 0.4) is 0 Å². The summed E-state index contributed by atoms with van der Waals surface area (Å²) >= 11 is 0. The first-order valence-corrected chi connectivity index (χ1v) is 6.30. The quantitative estimate of drug-likeness (QED) is 0.770. The third-order valence-corrected chi connectivity index (χ3v) is 3.09. The van der Waals surface area contributed by atoms with Gasteiger partial charge in [-0.3, -0.25) is 9.97 Å². The van der Waals surface area contributed by atoms with Gasteiger partial charge in [-0.25, -0.2) is 4.52 Å². The zero-order valence-electron chi connectivity index (χ0n) is 10.7. The lowest BCUT2D eigenvalue weighted by Gasteiger charge is -2.16. The van der Waals surface area contributed by atoms with Crippen molar-refractivity contribution >= 4 is 5.52 Å². The third-order valence-electron chi connectivity index (χ3n) is 3.09. The molecule has 5 heteroatoms. The summed E-state index contributed by atoms with van der Waals surface area (Å²) in [5.41, 5.74) is 3.25. The molecule has 3 aromatic heterocycles. The average molecular weight is 253 g/mol. The molecule has 0 aliphatic heterocycles. The van der Waals surface area contributed by atoms with Crippen LogP contribution in [0.4, 0.5) is 0 Å². The van der Waals surface area contributed by atoms with Crippen LogP contribution in [0.15, 0.2) is 49.3 Å². The molecule has 0 radical (unpaired) electrons. The maximum absolute atomic E-state index is 4.36. The largest absolute Gasteiger partial charge is 0.306 e. The number of aromatic nitrogens is 4. The van der Waals surface area contributed by atoms with Gasteiger partial charge in [0, 0.05) is 30.4 Å². The van der Waals surface area contributed by atoms with Crippen molar-refractivity contribution in [1.82, 2.24) is 24.9 Å². The minimum absolute atomic E-state index is 0.0837. The van der Waals surface area contributed by atoms with Gasteiger partial charge >= 0.3 is 0 Å². The second-order valence-corrected chi connectivity index (χ2v) is 4.28. The third kappa shape index (κ3) is 2.20. The van der Waals surface area contributed by atoms with Crippen molar-refractivity contribution < 1.29 is 0 Å².